The molecule has 1 heterocycles. The Morgan fingerprint density at radius 3 is 2.03 bits per heavy atom. The molecule has 208 valence electrons. The van der Waals surface area contributed by atoms with Crippen LogP contribution in [-0.4, -0.2) is 96.5 Å². The summed E-state index contributed by atoms with van der Waals surface area (Å²) < 4.78 is 10.2. The van der Waals surface area contributed by atoms with Crippen LogP contribution in [0.5, 0.6) is 0 Å². The molecule has 5 N–H and O–H groups in total. The fourth-order valence-electron chi connectivity index (χ4n) is 3.45. The molecule has 2 aromatic rings. The predicted molar refractivity (Wildman–Crippen MR) is 139 cm³/mol. The Morgan fingerprint density at radius 2 is 1.53 bits per heavy atom. The van der Waals surface area contributed by atoms with Crippen LogP contribution in [0.1, 0.15) is 27.2 Å². The van der Waals surface area contributed by atoms with Gasteiger partial charge >= 0.3 is 0 Å². The van der Waals surface area contributed by atoms with E-state index in [1.807, 2.05) is 0 Å². The van der Waals surface area contributed by atoms with E-state index in [1.165, 1.54) is 20.4 Å². The molecule has 38 heavy (non-hydrogen) atoms. The van der Waals surface area contributed by atoms with Crippen molar-refractivity contribution in [2.45, 2.75) is 44.0 Å². The molecule has 1 aromatic heterocycles. The first-order valence-electron chi connectivity index (χ1n) is 11.8. The van der Waals surface area contributed by atoms with Crippen LogP contribution in [0.25, 0.3) is 0 Å². The lowest BCUT2D eigenvalue weighted by atomic mass is 9.91. The summed E-state index contributed by atoms with van der Waals surface area (Å²) in [5.41, 5.74) is -1.40. The first-order chi connectivity index (χ1) is 18.0. The number of ketones is 1. The minimum atomic E-state index is -2.10. The van der Waals surface area contributed by atoms with Crippen LogP contribution < -0.4 is 16.0 Å². The minimum absolute atomic E-state index is 0.0336. The Bertz CT molecular complexity index is 1090. The van der Waals surface area contributed by atoms with Gasteiger partial charge in [0, 0.05) is 14.2 Å². The van der Waals surface area contributed by atoms with Gasteiger partial charge in [-0.1, -0.05) is 30.3 Å². The Kier molecular flexibility index (Phi) is 11.9. The summed E-state index contributed by atoms with van der Waals surface area (Å²) in [4.78, 5) is 56.1. The molecule has 2 rings (SSSR count). The number of rotatable bonds is 15. The van der Waals surface area contributed by atoms with Gasteiger partial charge < -0.3 is 35.6 Å². The van der Waals surface area contributed by atoms with Crippen LogP contribution >= 0.6 is 11.3 Å². The number of hydrogen-bond donors (Lipinski definition) is 5. The number of nitrogens with zero attached hydrogens (tertiary/aromatic N) is 1. The number of hydrogen-bond acceptors (Lipinski definition) is 10. The number of carbonyl (C=O) groups is 4. The molecule has 0 aliphatic carbocycles. The summed E-state index contributed by atoms with van der Waals surface area (Å²) in [5.74, 6) is -2.81. The maximum Gasteiger partial charge on any atom is 0.263 e. The molecule has 1 aromatic carbocycles. The number of aliphatic hydroxyl groups excluding tert-OH is 1. The summed E-state index contributed by atoms with van der Waals surface area (Å²) in [7, 11) is 2.69. The lowest BCUT2D eigenvalue weighted by molar-refractivity contribution is -0.144. The van der Waals surface area contributed by atoms with Crippen molar-refractivity contribution >= 4 is 34.8 Å². The molecular weight excluding hydrogens is 516 g/mol. The zero-order valence-electron chi connectivity index (χ0n) is 21.7. The smallest absolute Gasteiger partial charge is 0.263 e. The molecule has 3 amide bonds. The third-order valence-electron chi connectivity index (χ3n) is 5.52. The molecule has 0 spiro atoms. The van der Waals surface area contributed by atoms with Crippen molar-refractivity contribution in [3.05, 3.63) is 52.0 Å². The van der Waals surface area contributed by atoms with Crippen LogP contribution in [0.4, 0.5) is 0 Å². The van der Waals surface area contributed by atoms with E-state index < -0.39 is 53.8 Å². The monoisotopic (exact) mass is 550 g/mol. The third kappa shape index (κ3) is 8.96. The molecule has 4 atom stereocenters. The summed E-state index contributed by atoms with van der Waals surface area (Å²) in [6, 6.07) is 5.20. The standard InChI is InChI=1S/C25H34N4O8S/c1-15-26-11-20(38-15)24(34)29-19(13-37-4)23(33)28-18(12-36-3)22(32)27-17(21(31)25(2,35)14-30)10-16-8-6-5-7-9-16/h5-9,11,17-19,30,35H,10,12-14H2,1-4H3,(H,27,32)(H,28,33)(H,29,34). The number of aliphatic hydroxyl groups is 2. The number of amides is 3. The van der Waals surface area contributed by atoms with Gasteiger partial charge in [-0.25, -0.2) is 4.98 Å². The van der Waals surface area contributed by atoms with Gasteiger partial charge in [0.1, 0.15) is 22.6 Å². The second-order valence-electron chi connectivity index (χ2n) is 8.79. The van der Waals surface area contributed by atoms with Crippen molar-refractivity contribution < 1.29 is 38.9 Å². The number of Topliss-reactive ketones (excluding diaryl/α,β-unsaturated/α-hetero) is 1. The maximum atomic E-state index is 13.2. The molecule has 12 nitrogen and oxygen atoms in total. The highest BCUT2D eigenvalue weighted by atomic mass is 32.1. The number of carbonyl (C=O) groups excluding carboxylic acids is 4. The van der Waals surface area contributed by atoms with E-state index in [-0.39, 0.29) is 19.6 Å². The molecule has 0 aliphatic heterocycles. The van der Waals surface area contributed by atoms with Crippen molar-refractivity contribution in [2.75, 3.05) is 34.0 Å². The van der Waals surface area contributed by atoms with E-state index in [0.29, 0.717) is 15.4 Å². The first-order valence-corrected chi connectivity index (χ1v) is 12.6. The number of nitrogens with one attached hydrogen (secondary N) is 3. The van der Waals surface area contributed by atoms with Crippen molar-refractivity contribution in [3.8, 4) is 0 Å². The maximum absolute atomic E-state index is 13.2. The van der Waals surface area contributed by atoms with Crippen LogP contribution in [0.15, 0.2) is 36.5 Å². The molecule has 4 unspecified atom stereocenters. The van der Waals surface area contributed by atoms with Crippen LogP contribution in [0.2, 0.25) is 0 Å². The summed E-state index contributed by atoms with van der Waals surface area (Å²) >= 11 is 1.16. The van der Waals surface area contributed by atoms with Crippen molar-refractivity contribution in [1.82, 2.24) is 20.9 Å². The largest absolute Gasteiger partial charge is 0.393 e. The van der Waals surface area contributed by atoms with Gasteiger partial charge in [0.25, 0.3) is 5.91 Å². The quantitative estimate of drug-likeness (QED) is 0.193. The number of benzene rings is 1. The molecule has 0 saturated heterocycles. The first kappa shape index (κ1) is 31.0. The second-order valence-corrected chi connectivity index (χ2v) is 10.0. The average Bonchev–Trinajstić information content (AvgIpc) is 3.34. The van der Waals surface area contributed by atoms with Crippen LogP contribution in [-0.2, 0) is 30.3 Å². The van der Waals surface area contributed by atoms with Crippen molar-refractivity contribution in [1.29, 1.82) is 0 Å². The van der Waals surface area contributed by atoms with Crippen LogP contribution in [0, 0.1) is 6.92 Å². The zero-order chi connectivity index (χ0) is 28.3. The summed E-state index contributed by atoms with van der Waals surface area (Å²) in [5, 5.41) is 28.1. The highest BCUT2D eigenvalue weighted by Crippen LogP contribution is 2.13. The van der Waals surface area contributed by atoms with Crippen LogP contribution in [0.3, 0.4) is 0 Å². The number of aryl methyl sites for hydroxylation is 1. The lowest BCUT2D eigenvalue weighted by Gasteiger charge is -2.28. The fraction of sp³-hybridized carbons (Fsp3) is 0.480. The summed E-state index contributed by atoms with van der Waals surface area (Å²) in [6.07, 6.45) is 1.43. The molecule has 0 aliphatic rings. The normalized spacial score (nSPS) is 15.0. The number of aromatic nitrogens is 1. The Morgan fingerprint density at radius 1 is 0.974 bits per heavy atom. The van der Waals surface area contributed by atoms with Gasteiger partial charge in [0.05, 0.1) is 37.1 Å². The molecule has 0 saturated carbocycles. The highest BCUT2D eigenvalue weighted by Gasteiger charge is 2.37. The van der Waals surface area contributed by atoms with E-state index in [1.54, 1.807) is 37.3 Å². The fourth-order valence-corrected chi connectivity index (χ4v) is 4.13. The molecular formula is C25H34N4O8S. The SMILES string of the molecule is COCC(NC(=O)c1cnc(C)s1)C(=O)NC(COC)C(=O)NC(Cc1ccccc1)C(=O)C(C)(O)CO. The van der Waals surface area contributed by atoms with E-state index in [2.05, 4.69) is 20.9 Å². The van der Waals surface area contributed by atoms with E-state index in [9.17, 15) is 29.4 Å². The Hall–Kier alpha value is -3.23. The minimum Gasteiger partial charge on any atom is -0.393 e. The number of methoxy groups -OCH3 is 2. The topological polar surface area (TPSA) is 176 Å². The van der Waals surface area contributed by atoms with Gasteiger partial charge in [-0.2, -0.15) is 0 Å². The predicted octanol–water partition coefficient (Wildman–Crippen LogP) is -0.633. The van der Waals surface area contributed by atoms with Gasteiger partial charge in [-0.15, -0.1) is 11.3 Å². The third-order valence-corrected chi connectivity index (χ3v) is 6.43. The van der Waals surface area contributed by atoms with Gasteiger partial charge in [0.2, 0.25) is 11.8 Å². The van der Waals surface area contributed by atoms with Gasteiger partial charge in [0.15, 0.2) is 5.78 Å². The van der Waals surface area contributed by atoms with E-state index in [0.717, 1.165) is 18.3 Å². The number of ether oxygens (including phenoxy) is 2. The van der Waals surface area contributed by atoms with Crippen molar-refractivity contribution in [3.63, 3.8) is 0 Å². The lowest BCUT2D eigenvalue weighted by Crippen LogP contribution is -2.60. The highest BCUT2D eigenvalue weighted by molar-refractivity contribution is 7.13. The zero-order valence-corrected chi connectivity index (χ0v) is 22.5. The Labute approximate surface area is 224 Å². The molecule has 0 radical (unpaired) electrons. The van der Waals surface area contributed by atoms with E-state index in [4.69, 9.17) is 9.47 Å². The van der Waals surface area contributed by atoms with E-state index >= 15 is 0 Å². The molecule has 0 fully saturated rings. The second kappa shape index (κ2) is 14.6. The van der Waals surface area contributed by atoms with Gasteiger partial charge in [-0.3, -0.25) is 19.2 Å². The van der Waals surface area contributed by atoms with Gasteiger partial charge in [-0.05, 0) is 25.8 Å². The molecule has 0 bridgehead atoms. The number of thiazole rings is 1. The Balaban J connectivity index is 2.18. The van der Waals surface area contributed by atoms with Crippen molar-refractivity contribution in [2.24, 2.45) is 0 Å². The average molecular weight is 551 g/mol. The summed E-state index contributed by atoms with van der Waals surface area (Å²) in [6.45, 7) is 1.62. The molecule has 13 heteroatoms.